The Hall–Kier alpha value is -1.40. The number of hydrogen-bond acceptors (Lipinski definition) is 5. The van der Waals surface area contributed by atoms with Gasteiger partial charge in [-0.05, 0) is 20.4 Å². The lowest BCUT2D eigenvalue weighted by atomic mass is 9.99. The second-order valence-corrected chi connectivity index (χ2v) is 5.27. The molecule has 2 rings (SSSR count). The summed E-state index contributed by atoms with van der Waals surface area (Å²) in [5, 5.41) is 7.57. The summed E-state index contributed by atoms with van der Waals surface area (Å²) in [6.45, 7) is 5.05. The first-order chi connectivity index (χ1) is 9.65. The lowest BCUT2D eigenvalue weighted by Crippen LogP contribution is -2.41. The van der Waals surface area contributed by atoms with Crippen LogP contribution in [0.25, 0.3) is 0 Å². The molecule has 1 fully saturated rings. The minimum Gasteiger partial charge on any atom is -0.381 e. The van der Waals surface area contributed by atoms with E-state index in [-0.39, 0.29) is 11.6 Å². The molecule has 0 amide bonds. The van der Waals surface area contributed by atoms with Crippen molar-refractivity contribution in [3.63, 3.8) is 0 Å². The van der Waals surface area contributed by atoms with Gasteiger partial charge in [-0.25, -0.2) is 4.68 Å². The zero-order valence-electron chi connectivity index (χ0n) is 12.5. The molecule has 2 unspecified atom stereocenters. The minimum atomic E-state index is -0.0537. The zero-order chi connectivity index (χ0) is 14.5. The maximum absolute atomic E-state index is 12.1. The molecule has 1 aromatic rings. The first-order valence-corrected chi connectivity index (χ1v) is 7.19. The van der Waals surface area contributed by atoms with Gasteiger partial charge in [0, 0.05) is 38.2 Å². The van der Waals surface area contributed by atoms with Crippen LogP contribution in [0.1, 0.15) is 13.3 Å². The fraction of sp³-hybridized carbons (Fsp3) is 0.714. The highest BCUT2D eigenvalue weighted by Gasteiger charge is 2.25. The molecule has 1 aromatic heterocycles. The van der Waals surface area contributed by atoms with Crippen LogP contribution in [0.5, 0.6) is 0 Å². The van der Waals surface area contributed by atoms with Crippen molar-refractivity contribution in [3.05, 3.63) is 22.6 Å². The molecule has 2 heterocycles. The average molecular weight is 280 g/mol. The van der Waals surface area contributed by atoms with Gasteiger partial charge in [-0.2, -0.15) is 5.10 Å². The molecule has 0 aliphatic carbocycles. The van der Waals surface area contributed by atoms with Crippen LogP contribution in [0.15, 0.2) is 17.1 Å². The van der Waals surface area contributed by atoms with E-state index in [2.05, 4.69) is 10.4 Å². The van der Waals surface area contributed by atoms with E-state index in [9.17, 15) is 4.79 Å². The summed E-state index contributed by atoms with van der Waals surface area (Å²) in [5.41, 5.74) is 0.806. The van der Waals surface area contributed by atoms with Gasteiger partial charge in [-0.3, -0.25) is 4.79 Å². The quantitative estimate of drug-likeness (QED) is 0.813. The SMILES string of the molecule is CCN(C)c1cnn(CC(NC)C2CCOC2)c(=O)c1. The van der Waals surface area contributed by atoms with E-state index in [0.29, 0.717) is 12.5 Å². The molecule has 0 saturated carbocycles. The highest BCUT2D eigenvalue weighted by atomic mass is 16.5. The molecule has 2 atom stereocenters. The Bertz CT molecular complexity index is 482. The van der Waals surface area contributed by atoms with Gasteiger partial charge < -0.3 is 15.0 Å². The summed E-state index contributed by atoms with van der Waals surface area (Å²) in [5.74, 6) is 0.451. The maximum atomic E-state index is 12.1. The van der Waals surface area contributed by atoms with Crippen molar-refractivity contribution in [2.45, 2.75) is 25.9 Å². The van der Waals surface area contributed by atoms with Crippen molar-refractivity contribution in [3.8, 4) is 0 Å². The number of rotatable bonds is 6. The fourth-order valence-electron chi connectivity index (χ4n) is 2.48. The summed E-state index contributed by atoms with van der Waals surface area (Å²) >= 11 is 0. The van der Waals surface area contributed by atoms with Crippen LogP contribution in [0.2, 0.25) is 0 Å². The summed E-state index contributed by atoms with van der Waals surface area (Å²) in [4.78, 5) is 14.1. The molecule has 20 heavy (non-hydrogen) atoms. The Morgan fingerprint density at radius 3 is 3.00 bits per heavy atom. The molecule has 0 spiro atoms. The van der Waals surface area contributed by atoms with Crippen LogP contribution >= 0.6 is 0 Å². The van der Waals surface area contributed by atoms with Gasteiger partial charge in [0.15, 0.2) is 0 Å². The van der Waals surface area contributed by atoms with E-state index < -0.39 is 0 Å². The molecule has 0 bridgehead atoms. The van der Waals surface area contributed by atoms with Crippen molar-refractivity contribution in [2.24, 2.45) is 5.92 Å². The largest absolute Gasteiger partial charge is 0.381 e. The number of nitrogens with one attached hydrogen (secondary N) is 1. The third kappa shape index (κ3) is 3.37. The van der Waals surface area contributed by atoms with E-state index in [0.717, 1.165) is 31.9 Å². The average Bonchev–Trinajstić information content (AvgIpc) is 2.99. The van der Waals surface area contributed by atoms with Crippen LogP contribution in [0.4, 0.5) is 5.69 Å². The summed E-state index contributed by atoms with van der Waals surface area (Å²) in [6.07, 6.45) is 2.79. The highest BCUT2D eigenvalue weighted by molar-refractivity contribution is 5.41. The molecule has 0 radical (unpaired) electrons. The molecule has 6 nitrogen and oxygen atoms in total. The molecular formula is C14H24N4O2. The van der Waals surface area contributed by atoms with Crippen LogP contribution in [-0.2, 0) is 11.3 Å². The van der Waals surface area contributed by atoms with Crippen molar-refractivity contribution in [1.82, 2.24) is 15.1 Å². The second kappa shape index (κ2) is 6.85. The summed E-state index contributed by atoms with van der Waals surface area (Å²) < 4.78 is 6.95. The van der Waals surface area contributed by atoms with E-state index in [1.807, 2.05) is 25.9 Å². The molecule has 1 saturated heterocycles. The van der Waals surface area contributed by atoms with E-state index in [1.165, 1.54) is 4.68 Å². The Morgan fingerprint density at radius 2 is 2.45 bits per heavy atom. The van der Waals surface area contributed by atoms with Crippen LogP contribution in [0, 0.1) is 5.92 Å². The van der Waals surface area contributed by atoms with E-state index in [1.54, 1.807) is 12.3 Å². The van der Waals surface area contributed by atoms with Crippen molar-refractivity contribution in [1.29, 1.82) is 0 Å². The van der Waals surface area contributed by atoms with Gasteiger partial charge in [0.1, 0.15) is 0 Å². The summed E-state index contributed by atoms with van der Waals surface area (Å²) in [7, 11) is 3.88. The smallest absolute Gasteiger partial charge is 0.268 e. The first kappa shape index (κ1) is 15.0. The Morgan fingerprint density at radius 1 is 1.65 bits per heavy atom. The normalized spacial score (nSPS) is 20.1. The van der Waals surface area contributed by atoms with Gasteiger partial charge in [-0.1, -0.05) is 0 Å². The molecular weight excluding hydrogens is 256 g/mol. The third-order valence-electron chi connectivity index (χ3n) is 4.04. The van der Waals surface area contributed by atoms with Gasteiger partial charge >= 0.3 is 0 Å². The topological polar surface area (TPSA) is 59.4 Å². The highest BCUT2D eigenvalue weighted by Crippen LogP contribution is 2.17. The van der Waals surface area contributed by atoms with Crippen molar-refractivity contribution >= 4 is 5.69 Å². The number of ether oxygens (including phenoxy) is 1. The molecule has 0 aromatic carbocycles. The van der Waals surface area contributed by atoms with Gasteiger partial charge in [0.05, 0.1) is 25.0 Å². The van der Waals surface area contributed by atoms with Gasteiger partial charge in [0.25, 0.3) is 5.56 Å². The third-order valence-corrected chi connectivity index (χ3v) is 4.04. The predicted molar refractivity (Wildman–Crippen MR) is 79.2 cm³/mol. The van der Waals surface area contributed by atoms with E-state index in [4.69, 9.17) is 4.74 Å². The van der Waals surface area contributed by atoms with Crippen LogP contribution < -0.4 is 15.8 Å². The van der Waals surface area contributed by atoms with Gasteiger partial charge in [-0.15, -0.1) is 0 Å². The predicted octanol–water partition coefficient (Wildman–Crippen LogP) is 0.324. The molecule has 1 aliphatic heterocycles. The Kier molecular flexibility index (Phi) is 5.14. The number of hydrogen-bond donors (Lipinski definition) is 1. The fourth-order valence-corrected chi connectivity index (χ4v) is 2.48. The lowest BCUT2D eigenvalue weighted by molar-refractivity contribution is 0.174. The van der Waals surface area contributed by atoms with Crippen LogP contribution in [0.3, 0.4) is 0 Å². The molecule has 112 valence electrons. The van der Waals surface area contributed by atoms with Crippen molar-refractivity contribution in [2.75, 3.05) is 38.8 Å². The number of anilines is 1. The molecule has 1 aliphatic rings. The number of likely N-dealkylation sites (N-methyl/N-ethyl adjacent to an activating group) is 1. The first-order valence-electron chi connectivity index (χ1n) is 7.19. The Labute approximate surface area is 119 Å². The second-order valence-electron chi connectivity index (χ2n) is 5.27. The standard InChI is InChI=1S/C14H24N4O2/c1-4-17(3)12-7-14(19)18(16-8-12)9-13(15-2)11-5-6-20-10-11/h7-8,11,13,15H,4-6,9-10H2,1-3H3. The zero-order valence-corrected chi connectivity index (χ0v) is 12.5. The van der Waals surface area contributed by atoms with Crippen molar-refractivity contribution < 1.29 is 4.74 Å². The number of aromatic nitrogens is 2. The Balaban J connectivity index is 2.10. The molecule has 6 heteroatoms. The lowest BCUT2D eigenvalue weighted by Gasteiger charge is -2.22. The van der Waals surface area contributed by atoms with Gasteiger partial charge in [0.2, 0.25) is 0 Å². The minimum absolute atomic E-state index is 0.0537. The molecule has 1 N–H and O–H groups in total. The monoisotopic (exact) mass is 280 g/mol. The maximum Gasteiger partial charge on any atom is 0.268 e. The van der Waals surface area contributed by atoms with E-state index >= 15 is 0 Å². The summed E-state index contributed by atoms with van der Waals surface area (Å²) in [6, 6.07) is 1.87. The van der Waals surface area contributed by atoms with Crippen LogP contribution in [-0.4, -0.2) is 49.7 Å². The number of nitrogens with zero attached hydrogens (tertiary/aromatic N) is 3.